The summed E-state index contributed by atoms with van der Waals surface area (Å²) in [7, 11) is 0. The number of hydrogen-bond donors (Lipinski definition) is 1. The van der Waals surface area contributed by atoms with Crippen LogP contribution in [-0.2, 0) is 0 Å². The van der Waals surface area contributed by atoms with Crippen molar-refractivity contribution in [2.75, 3.05) is 0 Å². The average Bonchev–Trinajstić information content (AvgIpc) is 2.68. The average molecular weight is 287 g/mol. The highest BCUT2D eigenvalue weighted by atomic mass is 32.2. The van der Waals surface area contributed by atoms with Gasteiger partial charge in [0.25, 0.3) is 0 Å². The fourth-order valence-electron chi connectivity index (χ4n) is 1.94. The minimum absolute atomic E-state index is 0.720. The topological polar surface area (TPSA) is 12.0 Å². The molecule has 2 aromatic rings. The summed E-state index contributed by atoms with van der Waals surface area (Å²) >= 11 is 11.9. The van der Waals surface area contributed by atoms with Crippen molar-refractivity contribution in [2.45, 2.75) is 0 Å². The molecule has 0 saturated carbocycles. The summed E-state index contributed by atoms with van der Waals surface area (Å²) in [4.78, 5) is 1.74. The second kappa shape index (κ2) is 4.80. The molecule has 88 valence electrons. The van der Waals surface area contributed by atoms with E-state index >= 15 is 0 Å². The molecule has 0 atom stereocenters. The van der Waals surface area contributed by atoms with Crippen LogP contribution in [0.1, 0.15) is 5.56 Å². The van der Waals surface area contributed by atoms with Crippen LogP contribution in [0.3, 0.4) is 0 Å². The lowest BCUT2D eigenvalue weighted by atomic mass is 10.0. The van der Waals surface area contributed by atoms with Gasteiger partial charge in [-0.3, -0.25) is 0 Å². The minimum atomic E-state index is 0.720. The first kappa shape index (κ1) is 11.8. The number of hydrogen-bond acceptors (Lipinski definition) is 3. The molecule has 0 amide bonds. The predicted molar refractivity (Wildman–Crippen MR) is 87.8 cm³/mol. The lowest BCUT2D eigenvalue weighted by Crippen LogP contribution is -2.15. The summed E-state index contributed by atoms with van der Waals surface area (Å²) in [6.07, 6.45) is 2.10. The smallest absolute Gasteiger partial charge is 0.143 e. The van der Waals surface area contributed by atoms with E-state index in [9.17, 15) is 0 Å². The molecule has 0 radical (unpaired) electrons. The Kier molecular flexibility index (Phi) is 3.16. The highest BCUT2D eigenvalue weighted by Crippen LogP contribution is 2.29. The van der Waals surface area contributed by atoms with Crippen LogP contribution in [0.15, 0.2) is 47.4 Å². The van der Waals surface area contributed by atoms with Gasteiger partial charge in [-0.15, -0.1) is 0 Å². The molecule has 1 N–H and O–H groups in total. The first-order valence-corrected chi connectivity index (χ1v) is 7.10. The Morgan fingerprint density at radius 1 is 1.00 bits per heavy atom. The van der Waals surface area contributed by atoms with E-state index in [0.29, 0.717) is 0 Å². The van der Waals surface area contributed by atoms with Crippen molar-refractivity contribution in [3.8, 4) is 0 Å². The summed E-state index contributed by atoms with van der Waals surface area (Å²) in [6.45, 7) is 0. The molecule has 18 heavy (non-hydrogen) atoms. The lowest BCUT2D eigenvalue weighted by molar-refractivity contribution is 1.52. The molecule has 1 aliphatic heterocycles. The summed E-state index contributed by atoms with van der Waals surface area (Å²) in [5, 5.41) is 5.46. The van der Waals surface area contributed by atoms with Crippen molar-refractivity contribution >= 4 is 62.4 Å². The molecular weight excluding hydrogens is 278 g/mol. The van der Waals surface area contributed by atoms with Crippen molar-refractivity contribution < 1.29 is 0 Å². The molecule has 1 saturated heterocycles. The van der Waals surface area contributed by atoms with Crippen molar-refractivity contribution in [1.82, 2.24) is 5.32 Å². The molecule has 3 rings (SSSR count). The van der Waals surface area contributed by atoms with Gasteiger partial charge in [-0.2, -0.15) is 0 Å². The summed E-state index contributed by atoms with van der Waals surface area (Å²) in [5.74, 6) is 0. The largest absolute Gasteiger partial charge is 0.331 e. The Balaban J connectivity index is 2.13. The standard InChI is InChI=1S/C14H9NS3/c16-13-12(18-14(17)15-13)8-10-6-3-5-9-4-1-2-7-11(9)10/h1-8H,(H,15,16,17). The summed E-state index contributed by atoms with van der Waals surface area (Å²) in [5.41, 5.74) is 1.17. The molecule has 4 heteroatoms. The van der Waals surface area contributed by atoms with E-state index in [1.807, 2.05) is 12.1 Å². The van der Waals surface area contributed by atoms with Crippen LogP contribution in [0.25, 0.3) is 16.8 Å². The molecule has 0 aromatic heterocycles. The molecule has 2 aromatic carbocycles. The van der Waals surface area contributed by atoms with Crippen LogP contribution >= 0.6 is 36.2 Å². The number of fused-ring (bicyclic) bond motifs is 1. The van der Waals surface area contributed by atoms with Gasteiger partial charge in [-0.05, 0) is 22.4 Å². The van der Waals surface area contributed by atoms with E-state index in [1.54, 1.807) is 0 Å². The monoisotopic (exact) mass is 287 g/mol. The Bertz CT molecular complexity index is 683. The Labute approximate surface area is 120 Å². The van der Waals surface area contributed by atoms with Gasteiger partial charge in [0.15, 0.2) is 0 Å². The van der Waals surface area contributed by atoms with E-state index < -0.39 is 0 Å². The van der Waals surface area contributed by atoms with Crippen LogP contribution in [0.5, 0.6) is 0 Å². The third-order valence-electron chi connectivity index (χ3n) is 2.75. The molecule has 1 fully saturated rings. The second-order valence-corrected chi connectivity index (χ2v) is 6.05. The Morgan fingerprint density at radius 3 is 2.56 bits per heavy atom. The maximum Gasteiger partial charge on any atom is 0.143 e. The molecule has 0 bridgehead atoms. The molecule has 1 nitrogen and oxygen atoms in total. The van der Waals surface area contributed by atoms with Gasteiger partial charge in [0, 0.05) is 4.91 Å². The minimum Gasteiger partial charge on any atom is -0.331 e. The zero-order chi connectivity index (χ0) is 12.5. The second-order valence-electron chi connectivity index (χ2n) is 3.92. The third kappa shape index (κ3) is 2.19. The molecular formula is C14H9NS3. The predicted octanol–water partition coefficient (Wildman–Crippen LogP) is 4.13. The van der Waals surface area contributed by atoms with Crippen LogP contribution in [-0.4, -0.2) is 9.31 Å². The Morgan fingerprint density at radius 2 is 1.78 bits per heavy atom. The van der Waals surface area contributed by atoms with Crippen molar-refractivity contribution in [3.05, 3.63) is 52.9 Å². The zero-order valence-corrected chi connectivity index (χ0v) is 11.8. The first-order valence-electron chi connectivity index (χ1n) is 5.47. The van der Waals surface area contributed by atoms with E-state index in [4.69, 9.17) is 24.4 Å². The van der Waals surface area contributed by atoms with E-state index in [-0.39, 0.29) is 0 Å². The number of rotatable bonds is 1. The van der Waals surface area contributed by atoms with Gasteiger partial charge in [0.1, 0.15) is 9.31 Å². The van der Waals surface area contributed by atoms with Gasteiger partial charge in [0.05, 0.1) is 0 Å². The van der Waals surface area contributed by atoms with Gasteiger partial charge in [-0.25, -0.2) is 0 Å². The molecule has 0 aliphatic carbocycles. The normalized spacial score (nSPS) is 17.4. The lowest BCUT2D eigenvalue weighted by Gasteiger charge is -2.02. The van der Waals surface area contributed by atoms with Crippen LogP contribution in [0, 0.1) is 0 Å². The van der Waals surface area contributed by atoms with E-state index in [1.165, 1.54) is 28.1 Å². The highest BCUT2D eigenvalue weighted by Gasteiger charge is 2.18. The first-order chi connectivity index (χ1) is 8.74. The molecule has 1 heterocycles. The summed E-state index contributed by atoms with van der Waals surface area (Å²) in [6, 6.07) is 14.6. The fraction of sp³-hybridized carbons (Fsp3) is 0. The van der Waals surface area contributed by atoms with E-state index in [2.05, 4.69) is 41.7 Å². The number of nitrogens with one attached hydrogen (secondary N) is 1. The molecule has 1 aliphatic rings. The number of thiocarbonyl (C=S) groups is 2. The quantitative estimate of drug-likeness (QED) is 0.625. The van der Waals surface area contributed by atoms with Gasteiger partial charge in [-0.1, -0.05) is 78.7 Å². The van der Waals surface area contributed by atoms with Crippen LogP contribution in [0.2, 0.25) is 0 Å². The van der Waals surface area contributed by atoms with Crippen molar-refractivity contribution in [2.24, 2.45) is 0 Å². The maximum atomic E-state index is 5.25. The van der Waals surface area contributed by atoms with Crippen molar-refractivity contribution in [3.63, 3.8) is 0 Å². The van der Waals surface area contributed by atoms with Crippen molar-refractivity contribution in [1.29, 1.82) is 0 Å². The fourth-order valence-corrected chi connectivity index (χ4v) is 3.41. The van der Waals surface area contributed by atoms with Crippen LogP contribution < -0.4 is 5.32 Å². The molecule has 0 spiro atoms. The molecule has 0 unspecified atom stereocenters. The zero-order valence-electron chi connectivity index (χ0n) is 9.34. The SMILES string of the molecule is S=C1NC(=S)C(=Cc2cccc3ccccc23)S1. The number of thioether (sulfide) groups is 1. The van der Waals surface area contributed by atoms with Gasteiger partial charge in [0.2, 0.25) is 0 Å². The van der Waals surface area contributed by atoms with E-state index in [0.717, 1.165) is 14.2 Å². The maximum absolute atomic E-state index is 5.25. The van der Waals surface area contributed by atoms with Gasteiger partial charge < -0.3 is 5.32 Å². The third-order valence-corrected chi connectivity index (χ3v) is 4.38. The summed E-state index contributed by atoms with van der Waals surface area (Å²) < 4.78 is 0.728. The number of benzene rings is 2. The van der Waals surface area contributed by atoms with Gasteiger partial charge >= 0.3 is 0 Å². The Hall–Kier alpha value is -1.23. The van der Waals surface area contributed by atoms with Crippen LogP contribution in [0.4, 0.5) is 0 Å². The highest BCUT2D eigenvalue weighted by molar-refractivity contribution is 8.27.